The van der Waals surface area contributed by atoms with Gasteiger partial charge in [0.25, 0.3) is 11.8 Å². The summed E-state index contributed by atoms with van der Waals surface area (Å²) in [5.41, 5.74) is 2.86. The highest BCUT2D eigenvalue weighted by molar-refractivity contribution is 6.07. The molecule has 0 atom stereocenters. The Kier molecular flexibility index (Phi) is 8.97. The molecule has 5 rings (SSSR count). The van der Waals surface area contributed by atoms with Crippen molar-refractivity contribution < 1.29 is 14.4 Å². The van der Waals surface area contributed by atoms with Crippen LogP contribution in [0.5, 0.6) is 0 Å². The maximum atomic E-state index is 13.3. The molecule has 2 heterocycles. The van der Waals surface area contributed by atoms with Gasteiger partial charge in [-0.15, -0.1) is 0 Å². The van der Waals surface area contributed by atoms with E-state index in [9.17, 15) is 14.4 Å². The molecule has 2 aliphatic heterocycles. The molecule has 1 saturated carbocycles. The first-order chi connectivity index (χ1) is 19.5. The number of rotatable bonds is 5. The number of nitrogens with zero attached hydrogens (tertiary/aromatic N) is 4. The molecule has 2 N–H and O–H groups in total. The van der Waals surface area contributed by atoms with Gasteiger partial charge in [-0.3, -0.25) is 14.4 Å². The van der Waals surface area contributed by atoms with E-state index in [0.29, 0.717) is 48.6 Å². The molecule has 1 aliphatic carbocycles. The van der Waals surface area contributed by atoms with Crippen molar-refractivity contribution >= 4 is 29.1 Å². The van der Waals surface area contributed by atoms with E-state index in [4.69, 9.17) is 5.26 Å². The van der Waals surface area contributed by atoms with Gasteiger partial charge in [0.1, 0.15) is 0 Å². The number of anilines is 2. The normalized spacial score (nSPS) is 18.5. The van der Waals surface area contributed by atoms with E-state index in [1.54, 1.807) is 30.3 Å². The van der Waals surface area contributed by atoms with Crippen molar-refractivity contribution in [3.8, 4) is 6.07 Å². The van der Waals surface area contributed by atoms with Gasteiger partial charge < -0.3 is 25.3 Å². The van der Waals surface area contributed by atoms with Crippen molar-refractivity contribution in [3.63, 3.8) is 0 Å². The molecule has 40 heavy (non-hydrogen) atoms. The SMILES string of the molecule is N#Cc1ccc(C(=O)Nc2cc(C(=O)N3CCNCC3)ccc2N2CCCN(C(=O)C3CCCCC3)CC2)cc1. The van der Waals surface area contributed by atoms with Crippen LogP contribution < -0.4 is 15.5 Å². The third kappa shape index (κ3) is 6.45. The van der Waals surface area contributed by atoms with Crippen LogP contribution in [0.3, 0.4) is 0 Å². The first-order valence-corrected chi connectivity index (χ1v) is 14.5. The quantitative estimate of drug-likeness (QED) is 0.599. The molecule has 3 aliphatic rings. The van der Waals surface area contributed by atoms with Crippen molar-refractivity contribution in [3.05, 3.63) is 59.2 Å². The second-order valence-electron chi connectivity index (χ2n) is 10.9. The summed E-state index contributed by atoms with van der Waals surface area (Å²) in [6.07, 6.45) is 6.32. The summed E-state index contributed by atoms with van der Waals surface area (Å²) in [4.78, 5) is 45.8. The summed E-state index contributed by atoms with van der Waals surface area (Å²) in [5, 5.41) is 15.4. The van der Waals surface area contributed by atoms with Crippen molar-refractivity contribution in [2.75, 3.05) is 62.6 Å². The van der Waals surface area contributed by atoms with Crippen LogP contribution in [-0.2, 0) is 4.79 Å². The molecule has 0 radical (unpaired) electrons. The molecule has 3 amide bonds. The Morgan fingerprint density at radius 2 is 1.52 bits per heavy atom. The Balaban J connectivity index is 1.37. The maximum Gasteiger partial charge on any atom is 0.255 e. The fourth-order valence-electron chi connectivity index (χ4n) is 5.97. The number of nitrogens with one attached hydrogen (secondary N) is 2. The monoisotopic (exact) mass is 542 g/mol. The van der Waals surface area contributed by atoms with Gasteiger partial charge in [0, 0.05) is 69.4 Å². The third-order valence-corrected chi connectivity index (χ3v) is 8.27. The summed E-state index contributed by atoms with van der Waals surface area (Å²) in [6.45, 7) is 5.58. The molecule has 210 valence electrons. The lowest BCUT2D eigenvalue weighted by Crippen LogP contribution is -2.46. The predicted octanol–water partition coefficient (Wildman–Crippen LogP) is 3.47. The Hall–Kier alpha value is -3.90. The zero-order valence-electron chi connectivity index (χ0n) is 23.0. The molecule has 0 bridgehead atoms. The summed E-state index contributed by atoms with van der Waals surface area (Å²) in [7, 11) is 0. The molecule has 2 saturated heterocycles. The van der Waals surface area contributed by atoms with Crippen molar-refractivity contribution in [2.24, 2.45) is 5.92 Å². The summed E-state index contributed by atoms with van der Waals surface area (Å²) in [6, 6.07) is 14.1. The van der Waals surface area contributed by atoms with E-state index in [-0.39, 0.29) is 23.6 Å². The minimum atomic E-state index is -0.304. The second-order valence-corrected chi connectivity index (χ2v) is 10.9. The highest BCUT2D eigenvalue weighted by Gasteiger charge is 2.28. The van der Waals surface area contributed by atoms with Crippen molar-refractivity contribution in [2.45, 2.75) is 38.5 Å². The number of piperazine rings is 1. The van der Waals surface area contributed by atoms with Gasteiger partial charge in [-0.2, -0.15) is 5.26 Å². The third-order valence-electron chi connectivity index (χ3n) is 8.27. The topological polar surface area (TPSA) is 109 Å². The van der Waals surface area contributed by atoms with Crippen LogP contribution in [0, 0.1) is 17.2 Å². The Morgan fingerprint density at radius 1 is 0.800 bits per heavy atom. The molecule has 9 heteroatoms. The second kappa shape index (κ2) is 13.0. The Labute approximate surface area is 236 Å². The lowest BCUT2D eigenvalue weighted by atomic mass is 9.88. The number of hydrogen-bond donors (Lipinski definition) is 2. The molecule has 0 aromatic heterocycles. The van der Waals surface area contributed by atoms with Crippen molar-refractivity contribution in [1.82, 2.24) is 15.1 Å². The first kappa shape index (κ1) is 27.7. The fraction of sp³-hybridized carbons (Fsp3) is 0.484. The van der Waals surface area contributed by atoms with E-state index < -0.39 is 0 Å². The van der Waals surface area contributed by atoms with E-state index in [1.807, 2.05) is 21.9 Å². The average Bonchev–Trinajstić information content (AvgIpc) is 3.27. The Bertz CT molecular complexity index is 1260. The summed E-state index contributed by atoms with van der Waals surface area (Å²) in [5.74, 6) is 0.0780. The first-order valence-electron chi connectivity index (χ1n) is 14.5. The number of hydrogen-bond acceptors (Lipinski definition) is 6. The van der Waals surface area contributed by atoms with Crippen LogP contribution in [0.2, 0.25) is 0 Å². The zero-order chi connectivity index (χ0) is 27.9. The molecule has 9 nitrogen and oxygen atoms in total. The lowest BCUT2D eigenvalue weighted by Gasteiger charge is -2.30. The molecular weight excluding hydrogens is 504 g/mol. The summed E-state index contributed by atoms with van der Waals surface area (Å²) >= 11 is 0. The van der Waals surface area contributed by atoms with E-state index >= 15 is 0 Å². The van der Waals surface area contributed by atoms with Crippen LogP contribution in [0.4, 0.5) is 11.4 Å². The van der Waals surface area contributed by atoms with Gasteiger partial charge in [-0.25, -0.2) is 0 Å². The largest absolute Gasteiger partial charge is 0.368 e. The van der Waals surface area contributed by atoms with Crippen molar-refractivity contribution in [1.29, 1.82) is 5.26 Å². The Morgan fingerprint density at radius 3 is 2.25 bits per heavy atom. The van der Waals surface area contributed by atoms with Gasteiger partial charge in [0.2, 0.25) is 5.91 Å². The average molecular weight is 543 g/mol. The predicted molar refractivity (Wildman–Crippen MR) is 154 cm³/mol. The number of carbonyl (C=O) groups excluding carboxylic acids is 3. The van der Waals surface area contributed by atoms with Gasteiger partial charge >= 0.3 is 0 Å². The highest BCUT2D eigenvalue weighted by Crippen LogP contribution is 2.31. The number of amides is 3. The van der Waals surface area contributed by atoms with Crippen LogP contribution in [0.25, 0.3) is 0 Å². The molecule has 0 unspecified atom stereocenters. The molecule has 2 aromatic carbocycles. The smallest absolute Gasteiger partial charge is 0.255 e. The van der Waals surface area contributed by atoms with Crippen LogP contribution >= 0.6 is 0 Å². The van der Waals surface area contributed by atoms with E-state index in [1.165, 1.54) is 6.42 Å². The van der Waals surface area contributed by atoms with Gasteiger partial charge in [-0.1, -0.05) is 19.3 Å². The van der Waals surface area contributed by atoms with E-state index in [2.05, 4.69) is 21.6 Å². The van der Waals surface area contributed by atoms with Gasteiger partial charge in [0.15, 0.2) is 0 Å². The minimum absolute atomic E-state index is 0.0537. The zero-order valence-corrected chi connectivity index (χ0v) is 23.0. The maximum absolute atomic E-state index is 13.3. The number of nitriles is 1. The van der Waals surface area contributed by atoms with Crippen LogP contribution in [0.15, 0.2) is 42.5 Å². The molecule has 3 fully saturated rings. The van der Waals surface area contributed by atoms with Crippen LogP contribution in [0.1, 0.15) is 64.8 Å². The van der Waals surface area contributed by atoms with Crippen LogP contribution in [-0.4, -0.2) is 79.9 Å². The molecule has 2 aromatic rings. The number of carbonyl (C=O) groups is 3. The number of benzene rings is 2. The standard InChI is InChI=1S/C31H38N6O3/c32-22-23-7-9-24(10-8-23)29(38)34-27-21-26(31(40)37-17-13-33-14-18-37)11-12-28(27)35-15-4-16-36(20-19-35)30(39)25-5-2-1-3-6-25/h7-12,21,25,33H,1-6,13-20H2,(H,34,38). The fourth-order valence-corrected chi connectivity index (χ4v) is 5.97. The van der Waals surface area contributed by atoms with E-state index in [0.717, 1.165) is 64.0 Å². The molecule has 0 spiro atoms. The van der Waals surface area contributed by atoms with Gasteiger partial charge in [0.05, 0.1) is 23.0 Å². The molecular formula is C31H38N6O3. The summed E-state index contributed by atoms with van der Waals surface area (Å²) < 4.78 is 0. The highest BCUT2D eigenvalue weighted by atomic mass is 16.2. The minimum Gasteiger partial charge on any atom is -0.368 e. The lowest BCUT2D eigenvalue weighted by molar-refractivity contribution is -0.136. The van der Waals surface area contributed by atoms with Gasteiger partial charge in [-0.05, 0) is 61.7 Å².